The van der Waals surface area contributed by atoms with Crippen LogP contribution in [-0.2, 0) is 27.9 Å². The van der Waals surface area contributed by atoms with Gasteiger partial charge in [0.15, 0.2) is 0 Å². The second kappa shape index (κ2) is 47.6. The maximum absolute atomic E-state index is 12.7. The Labute approximate surface area is 378 Å². The lowest BCUT2D eigenvalue weighted by Crippen LogP contribution is -2.29. The van der Waals surface area contributed by atoms with Crippen molar-refractivity contribution in [3.05, 3.63) is 109 Å². The molecule has 0 heterocycles. The highest BCUT2D eigenvalue weighted by atomic mass is 31.2. The lowest BCUT2D eigenvalue weighted by Gasteiger charge is -2.20. The van der Waals surface area contributed by atoms with Gasteiger partial charge in [0.25, 0.3) is 0 Å². The molecule has 3 unspecified atom stereocenters. The number of phosphoric ester groups is 1. The van der Waals surface area contributed by atoms with Gasteiger partial charge in [-0.25, -0.2) is 4.57 Å². The molecule has 0 spiro atoms. The van der Waals surface area contributed by atoms with E-state index in [4.69, 9.17) is 23.6 Å². The molecule has 0 amide bonds. The zero-order valence-electron chi connectivity index (χ0n) is 38.8. The van der Waals surface area contributed by atoms with Gasteiger partial charge in [0, 0.05) is 13.0 Å². The number of rotatable bonds is 44. The first-order valence-corrected chi connectivity index (χ1v) is 25.4. The van der Waals surface area contributed by atoms with Gasteiger partial charge in [0.05, 0.1) is 26.4 Å². The van der Waals surface area contributed by atoms with Crippen LogP contribution in [0.3, 0.4) is 0 Å². The lowest BCUT2D eigenvalue weighted by molar-refractivity contribution is -0.154. The smallest absolute Gasteiger partial charge is 0.457 e. The zero-order valence-corrected chi connectivity index (χ0v) is 39.7. The van der Waals surface area contributed by atoms with E-state index in [0.29, 0.717) is 13.0 Å². The molecule has 0 bridgehead atoms. The fourth-order valence-electron chi connectivity index (χ4n) is 5.90. The fraction of sp³-hybridized carbons (Fsp3) is 0.635. The van der Waals surface area contributed by atoms with Gasteiger partial charge < -0.3 is 24.6 Å². The topological polar surface area (TPSA) is 132 Å². The molecule has 0 saturated heterocycles. The number of carbonyl (C=O) groups excluding carboxylic acids is 1. The van der Waals surface area contributed by atoms with Gasteiger partial charge in [0.1, 0.15) is 12.2 Å². The summed E-state index contributed by atoms with van der Waals surface area (Å²) in [6, 6.07) is 0. The molecule has 354 valence electrons. The van der Waals surface area contributed by atoms with E-state index >= 15 is 0 Å². The molecule has 0 aromatic carbocycles. The normalized spacial score (nSPS) is 14.9. The molecule has 0 rings (SSSR count). The molecule has 3 atom stereocenters. The van der Waals surface area contributed by atoms with Gasteiger partial charge in [-0.1, -0.05) is 175 Å². The number of esters is 1. The maximum Gasteiger partial charge on any atom is 0.472 e. The van der Waals surface area contributed by atoms with E-state index in [1.807, 2.05) is 0 Å². The van der Waals surface area contributed by atoms with Crippen molar-refractivity contribution in [1.82, 2.24) is 0 Å². The first kappa shape index (κ1) is 59.1. The molecule has 0 fully saturated rings. The summed E-state index contributed by atoms with van der Waals surface area (Å²) in [5, 5.41) is 18.4. The first-order valence-electron chi connectivity index (χ1n) is 23.9. The van der Waals surface area contributed by atoms with Gasteiger partial charge in [-0.05, 0) is 96.3 Å². The van der Waals surface area contributed by atoms with E-state index < -0.39 is 45.8 Å². The largest absolute Gasteiger partial charge is 0.472 e. The second-order valence-electron chi connectivity index (χ2n) is 15.4. The minimum Gasteiger partial charge on any atom is -0.457 e. The zero-order chi connectivity index (χ0) is 45.3. The molecule has 0 aliphatic heterocycles. The standard InChI is InChI=1S/C52H87O9P/c1-3-5-7-9-11-13-15-17-19-21-23-24-25-26-27-28-30-32-34-36-38-40-42-44-52(55)61-51(49-60-62(56,57)59-47-50(54)46-53)48-58-45-43-41-39-37-35-33-31-29-22-20-18-16-14-12-10-8-6-4-2/h5-8,11-14,17-20,23-24,26-27,29,31,50-51,53-54H,3-4,9-10,15-16,21-22,25,28,30,32-49H2,1-2H3,(H,56,57)/b7-5-,8-6-,13-11-,14-12-,19-17-,20-18-,24-23-,27-26-,31-29-. The monoisotopic (exact) mass is 887 g/mol. The minimum absolute atomic E-state index is 0.0243. The molecule has 0 aliphatic carbocycles. The Morgan fingerprint density at radius 2 is 0.871 bits per heavy atom. The molecule has 0 aromatic rings. The number of hydrogen-bond donors (Lipinski definition) is 3. The SMILES string of the molecule is CC/C=C\C/C=C\C/C=C\C/C=C\C/C=C\CCCCCCCCCC(=O)OC(COCCCCCCC/C=C\C/C=C\C/C=C\C/C=C\CC)COP(=O)(O)OCC(O)CO. The number of phosphoric acid groups is 1. The van der Waals surface area contributed by atoms with Crippen LogP contribution in [-0.4, -0.2) is 66.3 Å². The van der Waals surface area contributed by atoms with Gasteiger partial charge in [-0.3, -0.25) is 13.8 Å². The Morgan fingerprint density at radius 3 is 1.31 bits per heavy atom. The summed E-state index contributed by atoms with van der Waals surface area (Å²) in [6.07, 6.45) is 61.9. The highest BCUT2D eigenvalue weighted by molar-refractivity contribution is 7.47. The minimum atomic E-state index is -4.54. The van der Waals surface area contributed by atoms with Gasteiger partial charge in [0.2, 0.25) is 0 Å². The summed E-state index contributed by atoms with van der Waals surface area (Å²) in [7, 11) is -4.54. The predicted octanol–water partition coefficient (Wildman–Crippen LogP) is 13.8. The molecular formula is C52H87O9P. The Morgan fingerprint density at radius 1 is 0.500 bits per heavy atom. The Balaban J connectivity index is 4.21. The number of hydrogen-bond acceptors (Lipinski definition) is 8. The number of ether oxygens (including phenoxy) is 2. The summed E-state index contributed by atoms with van der Waals surface area (Å²) < 4.78 is 33.4. The van der Waals surface area contributed by atoms with Crippen molar-refractivity contribution in [1.29, 1.82) is 0 Å². The van der Waals surface area contributed by atoms with E-state index in [-0.39, 0.29) is 13.0 Å². The number of carbonyl (C=O) groups is 1. The van der Waals surface area contributed by atoms with E-state index in [9.17, 15) is 19.4 Å². The average Bonchev–Trinajstić information content (AvgIpc) is 3.26. The Bertz CT molecular complexity index is 1330. The van der Waals surface area contributed by atoms with Gasteiger partial charge in [-0.15, -0.1) is 0 Å². The fourth-order valence-corrected chi connectivity index (χ4v) is 6.69. The van der Waals surface area contributed by atoms with E-state index in [2.05, 4.69) is 123 Å². The van der Waals surface area contributed by atoms with Crippen LogP contribution in [0.5, 0.6) is 0 Å². The van der Waals surface area contributed by atoms with Crippen LogP contribution in [0.15, 0.2) is 109 Å². The highest BCUT2D eigenvalue weighted by Gasteiger charge is 2.26. The molecule has 0 saturated carbocycles. The van der Waals surface area contributed by atoms with Crippen molar-refractivity contribution in [3.63, 3.8) is 0 Å². The summed E-state index contributed by atoms with van der Waals surface area (Å²) in [5.74, 6) is -0.406. The number of allylic oxidation sites excluding steroid dienone is 18. The molecule has 10 heteroatoms. The molecular weight excluding hydrogens is 800 g/mol. The summed E-state index contributed by atoms with van der Waals surface area (Å²) >= 11 is 0. The van der Waals surface area contributed by atoms with Crippen molar-refractivity contribution in [3.8, 4) is 0 Å². The van der Waals surface area contributed by atoms with Crippen molar-refractivity contribution in [2.24, 2.45) is 0 Å². The molecule has 62 heavy (non-hydrogen) atoms. The third-order valence-corrected chi connectivity index (χ3v) is 10.4. The van der Waals surface area contributed by atoms with Crippen LogP contribution >= 0.6 is 7.82 Å². The number of aliphatic hydroxyl groups excluding tert-OH is 2. The number of unbranched alkanes of at least 4 members (excludes halogenated alkanes) is 12. The van der Waals surface area contributed by atoms with Crippen molar-refractivity contribution in [2.45, 2.75) is 180 Å². The van der Waals surface area contributed by atoms with Crippen LogP contribution in [0.25, 0.3) is 0 Å². The Hall–Kier alpha value is -2.88. The van der Waals surface area contributed by atoms with Crippen LogP contribution < -0.4 is 0 Å². The van der Waals surface area contributed by atoms with Gasteiger partial charge >= 0.3 is 13.8 Å². The van der Waals surface area contributed by atoms with E-state index in [1.165, 1.54) is 19.3 Å². The molecule has 0 aliphatic rings. The van der Waals surface area contributed by atoms with Crippen LogP contribution in [0.1, 0.15) is 168 Å². The molecule has 0 radical (unpaired) electrons. The highest BCUT2D eigenvalue weighted by Crippen LogP contribution is 2.43. The van der Waals surface area contributed by atoms with Crippen LogP contribution in [0.2, 0.25) is 0 Å². The number of aliphatic hydroxyl groups is 2. The van der Waals surface area contributed by atoms with Crippen molar-refractivity contribution in [2.75, 3.05) is 33.0 Å². The average molecular weight is 887 g/mol. The van der Waals surface area contributed by atoms with E-state index in [0.717, 1.165) is 122 Å². The molecule has 9 nitrogen and oxygen atoms in total. The van der Waals surface area contributed by atoms with Crippen molar-refractivity contribution >= 4 is 13.8 Å². The summed E-state index contributed by atoms with van der Waals surface area (Å²) in [4.78, 5) is 22.7. The first-order chi connectivity index (χ1) is 30.3. The lowest BCUT2D eigenvalue weighted by atomic mass is 10.1. The third-order valence-electron chi connectivity index (χ3n) is 9.45. The maximum atomic E-state index is 12.7. The quantitative estimate of drug-likeness (QED) is 0.0237. The second-order valence-corrected chi connectivity index (χ2v) is 16.8. The van der Waals surface area contributed by atoms with Crippen molar-refractivity contribution < 1.29 is 43.0 Å². The van der Waals surface area contributed by atoms with Crippen LogP contribution in [0, 0.1) is 0 Å². The Kier molecular flexibility index (Phi) is 45.4. The van der Waals surface area contributed by atoms with E-state index in [1.54, 1.807) is 0 Å². The third kappa shape index (κ3) is 46.6. The molecule has 0 aromatic heterocycles. The molecule has 3 N–H and O–H groups in total. The summed E-state index contributed by atoms with van der Waals surface area (Å²) in [5.41, 5.74) is 0. The van der Waals surface area contributed by atoms with Crippen LogP contribution in [0.4, 0.5) is 0 Å². The van der Waals surface area contributed by atoms with Gasteiger partial charge in [-0.2, -0.15) is 0 Å². The predicted molar refractivity (Wildman–Crippen MR) is 260 cm³/mol. The summed E-state index contributed by atoms with van der Waals surface area (Å²) in [6.45, 7) is 3.21.